The first-order chi connectivity index (χ1) is 12.1. The molecule has 0 N–H and O–H groups in total. The average Bonchev–Trinajstić information content (AvgIpc) is 2.64. The molecule has 0 aromatic heterocycles. The lowest BCUT2D eigenvalue weighted by Crippen LogP contribution is -2.32. The SMILES string of the molecule is C=C(CCCC)N1CCC(CCCCc2ccc(SC)c(F)c2)CC1. The van der Waals surface area contributed by atoms with Crippen molar-refractivity contribution in [3.05, 3.63) is 41.9 Å². The largest absolute Gasteiger partial charge is 0.375 e. The Hall–Kier alpha value is -0.960. The molecule has 0 aliphatic carbocycles. The number of unbranched alkanes of at least 4 members (excludes halogenated alkanes) is 2. The molecule has 2 rings (SSSR count). The van der Waals surface area contributed by atoms with Gasteiger partial charge in [-0.1, -0.05) is 38.8 Å². The molecule has 1 fully saturated rings. The molecule has 0 atom stereocenters. The molecule has 1 heterocycles. The molecule has 1 aliphatic rings. The molecule has 140 valence electrons. The minimum absolute atomic E-state index is 0.0688. The van der Waals surface area contributed by atoms with Crippen molar-refractivity contribution in [3.63, 3.8) is 0 Å². The predicted octanol–water partition coefficient (Wildman–Crippen LogP) is 6.68. The Balaban J connectivity index is 1.62. The van der Waals surface area contributed by atoms with Crippen LogP contribution in [-0.2, 0) is 6.42 Å². The number of rotatable bonds is 10. The number of aryl methyl sites for hydroxylation is 1. The van der Waals surface area contributed by atoms with E-state index in [0.717, 1.165) is 29.2 Å². The standard InChI is InChI=1S/C22H34FNS/c1-4-5-8-18(2)24-15-13-19(14-16-24)9-6-7-10-20-11-12-22(25-3)21(23)17-20/h11-12,17,19H,2,4-10,13-16H2,1,3H3. The highest BCUT2D eigenvalue weighted by Gasteiger charge is 2.19. The average molecular weight is 364 g/mol. The Morgan fingerprint density at radius 1 is 1.24 bits per heavy atom. The maximum Gasteiger partial charge on any atom is 0.137 e. The summed E-state index contributed by atoms with van der Waals surface area (Å²) in [7, 11) is 0. The summed E-state index contributed by atoms with van der Waals surface area (Å²) in [5.74, 6) is 0.798. The van der Waals surface area contributed by atoms with Crippen LogP contribution in [0.4, 0.5) is 4.39 Å². The number of thioether (sulfide) groups is 1. The van der Waals surface area contributed by atoms with Gasteiger partial charge in [-0.2, -0.15) is 0 Å². The first-order valence-electron chi connectivity index (χ1n) is 9.89. The van der Waals surface area contributed by atoms with Crippen LogP contribution in [0.25, 0.3) is 0 Å². The van der Waals surface area contributed by atoms with Crippen LogP contribution in [0.15, 0.2) is 35.4 Å². The third kappa shape index (κ3) is 6.69. The van der Waals surface area contributed by atoms with Gasteiger partial charge in [0.15, 0.2) is 0 Å². The second-order valence-electron chi connectivity index (χ2n) is 7.31. The number of halogens is 1. The molecule has 25 heavy (non-hydrogen) atoms. The lowest BCUT2D eigenvalue weighted by atomic mass is 9.90. The molecular weight excluding hydrogens is 329 g/mol. The van der Waals surface area contributed by atoms with Crippen LogP contribution in [-0.4, -0.2) is 24.2 Å². The van der Waals surface area contributed by atoms with Crippen LogP contribution >= 0.6 is 11.8 Å². The molecule has 0 bridgehead atoms. The maximum absolute atomic E-state index is 13.8. The Labute approximate surface area is 158 Å². The summed E-state index contributed by atoms with van der Waals surface area (Å²) >= 11 is 1.47. The Kier molecular flexibility index (Phi) is 8.88. The lowest BCUT2D eigenvalue weighted by Gasteiger charge is -2.35. The highest BCUT2D eigenvalue weighted by molar-refractivity contribution is 7.98. The topological polar surface area (TPSA) is 3.24 Å². The van der Waals surface area contributed by atoms with E-state index in [2.05, 4.69) is 24.5 Å². The van der Waals surface area contributed by atoms with Crippen LogP contribution in [0, 0.1) is 11.7 Å². The van der Waals surface area contributed by atoms with Gasteiger partial charge in [-0.15, -0.1) is 11.8 Å². The maximum atomic E-state index is 13.8. The van der Waals surface area contributed by atoms with Crippen LogP contribution in [0.5, 0.6) is 0 Å². The second-order valence-corrected chi connectivity index (χ2v) is 8.16. The molecule has 1 aromatic rings. The van der Waals surface area contributed by atoms with Gasteiger partial charge in [0, 0.05) is 23.7 Å². The molecule has 3 heteroatoms. The minimum Gasteiger partial charge on any atom is -0.375 e. The summed E-state index contributed by atoms with van der Waals surface area (Å²) in [5.41, 5.74) is 2.48. The predicted molar refractivity (Wildman–Crippen MR) is 109 cm³/mol. The van der Waals surface area contributed by atoms with Crippen molar-refractivity contribution in [2.75, 3.05) is 19.3 Å². The molecule has 1 nitrogen and oxygen atoms in total. The van der Waals surface area contributed by atoms with E-state index in [-0.39, 0.29) is 5.82 Å². The quantitative estimate of drug-likeness (QED) is 0.337. The van der Waals surface area contributed by atoms with E-state index in [1.54, 1.807) is 6.07 Å². The fraction of sp³-hybridized carbons (Fsp3) is 0.636. The molecule has 0 spiro atoms. The van der Waals surface area contributed by atoms with Crippen molar-refractivity contribution in [3.8, 4) is 0 Å². The number of likely N-dealkylation sites (tertiary alicyclic amines) is 1. The van der Waals surface area contributed by atoms with Crippen LogP contribution in [0.3, 0.4) is 0 Å². The van der Waals surface area contributed by atoms with Gasteiger partial charge in [0.1, 0.15) is 5.82 Å². The van der Waals surface area contributed by atoms with E-state index < -0.39 is 0 Å². The highest BCUT2D eigenvalue weighted by Crippen LogP contribution is 2.26. The monoisotopic (exact) mass is 363 g/mol. The fourth-order valence-electron chi connectivity index (χ4n) is 3.70. The number of hydrogen-bond donors (Lipinski definition) is 0. The van der Waals surface area contributed by atoms with Gasteiger partial charge in [0.2, 0.25) is 0 Å². The Morgan fingerprint density at radius 3 is 2.64 bits per heavy atom. The third-order valence-corrected chi connectivity index (χ3v) is 6.20. The first kappa shape index (κ1) is 20.4. The van der Waals surface area contributed by atoms with E-state index in [0.29, 0.717) is 0 Å². The van der Waals surface area contributed by atoms with Crippen LogP contribution in [0.1, 0.15) is 63.9 Å². The van der Waals surface area contributed by atoms with Crippen LogP contribution in [0.2, 0.25) is 0 Å². The van der Waals surface area contributed by atoms with Crippen molar-refractivity contribution >= 4 is 11.8 Å². The number of hydrogen-bond acceptors (Lipinski definition) is 2. The Morgan fingerprint density at radius 2 is 2.00 bits per heavy atom. The summed E-state index contributed by atoms with van der Waals surface area (Å²) in [6.45, 7) is 8.88. The number of allylic oxidation sites excluding steroid dienone is 1. The number of piperidine rings is 1. The van der Waals surface area contributed by atoms with Crippen LogP contribution < -0.4 is 0 Å². The molecule has 0 unspecified atom stereocenters. The van der Waals surface area contributed by atoms with E-state index in [1.165, 1.54) is 75.5 Å². The van der Waals surface area contributed by atoms with Gasteiger partial charge in [0.25, 0.3) is 0 Å². The normalized spacial score (nSPS) is 15.6. The van der Waals surface area contributed by atoms with E-state index >= 15 is 0 Å². The summed E-state index contributed by atoms with van der Waals surface area (Å²) in [4.78, 5) is 3.25. The van der Waals surface area contributed by atoms with E-state index in [9.17, 15) is 4.39 Å². The van der Waals surface area contributed by atoms with E-state index in [1.807, 2.05) is 12.3 Å². The van der Waals surface area contributed by atoms with E-state index in [4.69, 9.17) is 0 Å². The molecule has 0 saturated carbocycles. The molecule has 0 radical (unpaired) electrons. The molecule has 0 amide bonds. The third-order valence-electron chi connectivity index (χ3n) is 5.42. The van der Waals surface area contributed by atoms with Crippen molar-refractivity contribution in [2.45, 2.75) is 69.6 Å². The molecule has 1 aromatic carbocycles. The summed E-state index contributed by atoms with van der Waals surface area (Å²) < 4.78 is 13.8. The van der Waals surface area contributed by atoms with Crippen molar-refractivity contribution in [2.24, 2.45) is 5.92 Å². The lowest BCUT2D eigenvalue weighted by molar-refractivity contribution is 0.211. The summed E-state index contributed by atoms with van der Waals surface area (Å²) in [5, 5.41) is 0. The molecular formula is C22H34FNS. The summed E-state index contributed by atoms with van der Waals surface area (Å²) in [6, 6.07) is 5.71. The van der Waals surface area contributed by atoms with Gasteiger partial charge >= 0.3 is 0 Å². The van der Waals surface area contributed by atoms with Crippen molar-refractivity contribution in [1.29, 1.82) is 0 Å². The zero-order valence-corrected chi connectivity index (χ0v) is 16.8. The number of nitrogens with zero attached hydrogens (tertiary/aromatic N) is 1. The summed E-state index contributed by atoms with van der Waals surface area (Å²) in [6.07, 6.45) is 12.9. The van der Waals surface area contributed by atoms with Crippen molar-refractivity contribution in [1.82, 2.24) is 4.90 Å². The fourth-order valence-corrected chi connectivity index (χ4v) is 4.16. The first-order valence-corrected chi connectivity index (χ1v) is 11.1. The smallest absolute Gasteiger partial charge is 0.137 e. The van der Waals surface area contributed by atoms with Gasteiger partial charge in [0.05, 0.1) is 0 Å². The minimum atomic E-state index is -0.0688. The van der Waals surface area contributed by atoms with Gasteiger partial charge in [-0.05, 0) is 68.4 Å². The van der Waals surface area contributed by atoms with Gasteiger partial charge < -0.3 is 4.90 Å². The highest BCUT2D eigenvalue weighted by atomic mass is 32.2. The molecule has 1 aliphatic heterocycles. The van der Waals surface area contributed by atoms with Gasteiger partial charge in [-0.25, -0.2) is 4.39 Å². The Bertz CT molecular complexity index is 535. The second kappa shape index (κ2) is 10.9. The zero-order valence-electron chi connectivity index (χ0n) is 16.0. The number of benzene rings is 1. The zero-order chi connectivity index (χ0) is 18.1. The van der Waals surface area contributed by atoms with Gasteiger partial charge in [-0.3, -0.25) is 0 Å². The van der Waals surface area contributed by atoms with Crippen molar-refractivity contribution < 1.29 is 4.39 Å². The molecule has 1 saturated heterocycles.